The normalized spacial score (nSPS) is 30.5. The van der Waals surface area contributed by atoms with Gasteiger partial charge in [0.15, 0.2) is 0 Å². The van der Waals surface area contributed by atoms with Crippen molar-refractivity contribution in [1.29, 1.82) is 0 Å². The predicted molar refractivity (Wildman–Crippen MR) is 81.0 cm³/mol. The summed E-state index contributed by atoms with van der Waals surface area (Å²) in [6.45, 7) is 1.61. The number of hydrogen-bond acceptors (Lipinski definition) is 2. The highest BCUT2D eigenvalue weighted by atomic mass is 16.3. The average Bonchev–Trinajstić information content (AvgIpc) is 3.16. The minimum absolute atomic E-state index is 0.187. The van der Waals surface area contributed by atoms with E-state index in [2.05, 4.69) is 18.2 Å². The largest absolute Gasteiger partial charge is 0.393 e. The molecule has 1 aromatic rings. The van der Waals surface area contributed by atoms with Crippen molar-refractivity contribution in [1.82, 2.24) is 4.90 Å². The number of nitrogens with zero attached hydrogens (tertiary/aromatic N) is 1. The molecule has 0 spiro atoms. The molecule has 2 fully saturated rings. The number of benzene rings is 1. The van der Waals surface area contributed by atoms with Gasteiger partial charge >= 0.3 is 0 Å². The van der Waals surface area contributed by atoms with Crippen LogP contribution < -0.4 is 0 Å². The first-order chi connectivity index (χ1) is 10.2. The Hall–Kier alpha value is -1.35. The van der Waals surface area contributed by atoms with Gasteiger partial charge in [0, 0.05) is 19.0 Å². The number of aliphatic hydroxyl groups is 1. The van der Waals surface area contributed by atoms with E-state index in [0.717, 1.165) is 37.9 Å². The van der Waals surface area contributed by atoms with E-state index in [-0.39, 0.29) is 12.0 Å². The summed E-state index contributed by atoms with van der Waals surface area (Å²) in [6.07, 6.45) is 5.93. The van der Waals surface area contributed by atoms with E-state index in [1.165, 1.54) is 24.0 Å². The average molecular weight is 285 g/mol. The lowest BCUT2D eigenvalue weighted by Gasteiger charge is -2.18. The van der Waals surface area contributed by atoms with Gasteiger partial charge in [0.1, 0.15) is 0 Å². The topological polar surface area (TPSA) is 40.5 Å². The van der Waals surface area contributed by atoms with Crippen LogP contribution in [0.3, 0.4) is 0 Å². The molecule has 1 N–H and O–H groups in total. The number of carbonyl (C=O) groups is 1. The zero-order valence-corrected chi connectivity index (χ0v) is 12.4. The first-order valence-corrected chi connectivity index (χ1v) is 8.27. The number of aliphatic hydroxyl groups excluding tert-OH is 1. The molecule has 0 radical (unpaired) electrons. The number of amides is 1. The molecule has 1 aromatic carbocycles. The van der Waals surface area contributed by atoms with Gasteiger partial charge in [0.05, 0.1) is 12.5 Å². The van der Waals surface area contributed by atoms with Crippen molar-refractivity contribution >= 4 is 5.91 Å². The first kappa shape index (κ1) is 13.3. The fraction of sp³-hybridized carbons (Fsp3) is 0.611. The van der Waals surface area contributed by atoms with E-state index < -0.39 is 0 Å². The smallest absolute Gasteiger partial charge is 0.227 e. The third kappa shape index (κ3) is 2.38. The van der Waals surface area contributed by atoms with Crippen LogP contribution in [0.4, 0.5) is 0 Å². The lowest BCUT2D eigenvalue weighted by atomic mass is 10.00. The summed E-state index contributed by atoms with van der Waals surface area (Å²) in [5.74, 6) is 1.09. The summed E-state index contributed by atoms with van der Waals surface area (Å²) in [7, 11) is 0. The minimum atomic E-state index is -0.187. The van der Waals surface area contributed by atoms with E-state index in [9.17, 15) is 9.90 Å². The fourth-order valence-corrected chi connectivity index (χ4v) is 4.46. The van der Waals surface area contributed by atoms with Crippen molar-refractivity contribution < 1.29 is 9.90 Å². The zero-order chi connectivity index (χ0) is 14.4. The van der Waals surface area contributed by atoms with Gasteiger partial charge in [-0.25, -0.2) is 0 Å². The van der Waals surface area contributed by atoms with Crippen LogP contribution in [0.15, 0.2) is 18.2 Å². The van der Waals surface area contributed by atoms with Crippen LogP contribution in [0.25, 0.3) is 0 Å². The quantitative estimate of drug-likeness (QED) is 0.902. The molecule has 3 unspecified atom stereocenters. The van der Waals surface area contributed by atoms with Crippen LogP contribution in [0.5, 0.6) is 0 Å². The fourth-order valence-electron chi connectivity index (χ4n) is 4.46. The standard InChI is InChI=1S/C18H23NO2/c20-17-7-6-15-10-19(11-16(15)17)18(21)9-12-4-5-13-2-1-3-14(13)8-12/h4-5,8,15-17,20H,1-3,6-7,9-11H2. The van der Waals surface area contributed by atoms with Gasteiger partial charge in [-0.05, 0) is 54.7 Å². The third-order valence-corrected chi connectivity index (χ3v) is 5.69. The maximum Gasteiger partial charge on any atom is 0.227 e. The van der Waals surface area contributed by atoms with Gasteiger partial charge in [0.25, 0.3) is 0 Å². The molecule has 3 atom stereocenters. The maximum atomic E-state index is 12.5. The first-order valence-electron chi connectivity index (χ1n) is 8.27. The molecule has 3 heteroatoms. The second-order valence-corrected chi connectivity index (χ2v) is 7.00. The minimum Gasteiger partial charge on any atom is -0.393 e. The summed E-state index contributed by atoms with van der Waals surface area (Å²) in [4.78, 5) is 14.5. The van der Waals surface area contributed by atoms with E-state index in [0.29, 0.717) is 18.3 Å². The van der Waals surface area contributed by atoms with Gasteiger partial charge < -0.3 is 10.0 Å². The molecular weight excluding hydrogens is 262 g/mol. The Labute approximate surface area is 126 Å². The van der Waals surface area contributed by atoms with Gasteiger partial charge in [0.2, 0.25) is 5.91 Å². The van der Waals surface area contributed by atoms with Gasteiger partial charge in [-0.2, -0.15) is 0 Å². The Bertz CT molecular complexity index is 568. The van der Waals surface area contributed by atoms with Crippen LogP contribution in [0.2, 0.25) is 0 Å². The zero-order valence-electron chi connectivity index (χ0n) is 12.4. The number of carbonyl (C=O) groups excluding carboxylic acids is 1. The Morgan fingerprint density at radius 2 is 2.05 bits per heavy atom. The number of rotatable bonds is 2. The Morgan fingerprint density at radius 3 is 2.90 bits per heavy atom. The van der Waals surface area contributed by atoms with Crippen molar-refractivity contribution in [3.05, 3.63) is 34.9 Å². The summed E-state index contributed by atoms with van der Waals surface area (Å²) in [5, 5.41) is 9.96. The maximum absolute atomic E-state index is 12.5. The van der Waals surface area contributed by atoms with Crippen molar-refractivity contribution in [3.63, 3.8) is 0 Å². The van der Waals surface area contributed by atoms with Crippen LogP contribution in [-0.4, -0.2) is 35.1 Å². The number of likely N-dealkylation sites (tertiary alicyclic amines) is 1. The molecule has 21 heavy (non-hydrogen) atoms. The molecule has 0 bridgehead atoms. The highest BCUT2D eigenvalue weighted by Crippen LogP contribution is 2.38. The highest BCUT2D eigenvalue weighted by Gasteiger charge is 2.43. The molecule has 1 heterocycles. The molecular formula is C18H23NO2. The van der Waals surface area contributed by atoms with Gasteiger partial charge in [-0.3, -0.25) is 4.79 Å². The van der Waals surface area contributed by atoms with Gasteiger partial charge in [-0.15, -0.1) is 0 Å². The lowest BCUT2D eigenvalue weighted by molar-refractivity contribution is -0.129. The van der Waals surface area contributed by atoms with Crippen molar-refractivity contribution in [2.45, 2.75) is 44.6 Å². The van der Waals surface area contributed by atoms with E-state index in [1.807, 2.05) is 4.90 Å². The second kappa shape index (κ2) is 5.13. The number of hydrogen-bond donors (Lipinski definition) is 1. The molecule has 112 valence electrons. The molecule has 1 amide bonds. The van der Waals surface area contributed by atoms with Crippen molar-refractivity contribution in [2.75, 3.05) is 13.1 Å². The van der Waals surface area contributed by atoms with E-state index >= 15 is 0 Å². The number of aryl methyl sites for hydroxylation is 2. The van der Waals surface area contributed by atoms with Crippen LogP contribution in [-0.2, 0) is 24.1 Å². The molecule has 1 saturated carbocycles. The molecule has 3 aliphatic rings. The molecule has 1 aliphatic heterocycles. The second-order valence-electron chi connectivity index (χ2n) is 7.00. The molecule has 0 aromatic heterocycles. The van der Waals surface area contributed by atoms with Crippen LogP contribution >= 0.6 is 0 Å². The number of fused-ring (bicyclic) bond motifs is 2. The summed E-state index contributed by atoms with van der Waals surface area (Å²) < 4.78 is 0. The third-order valence-electron chi connectivity index (χ3n) is 5.69. The highest BCUT2D eigenvalue weighted by molar-refractivity contribution is 5.79. The summed E-state index contributed by atoms with van der Waals surface area (Å²) in [6, 6.07) is 6.55. The Morgan fingerprint density at radius 1 is 1.19 bits per heavy atom. The monoisotopic (exact) mass is 285 g/mol. The van der Waals surface area contributed by atoms with Crippen molar-refractivity contribution in [2.24, 2.45) is 11.8 Å². The molecule has 1 saturated heterocycles. The Balaban J connectivity index is 1.42. The van der Waals surface area contributed by atoms with Crippen molar-refractivity contribution in [3.8, 4) is 0 Å². The lowest BCUT2D eigenvalue weighted by Crippen LogP contribution is -2.32. The molecule has 4 rings (SSSR count). The van der Waals surface area contributed by atoms with Crippen LogP contribution in [0.1, 0.15) is 36.0 Å². The van der Waals surface area contributed by atoms with E-state index in [1.54, 1.807) is 0 Å². The Kier molecular flexibility index (Phi) is 3.26. The van der Waals surface area contributed by atoms with E-state index in [4.69, 9.17) is 0 Å². The summed E-state index contributed by atoms with van der Waals surface area (Å²) in [5.41, 5.74) is 4.05. The van der Waals surface area contributed by atoms with Crippen LogP contribution in [0, 0.1) is 11.8 Å². The SMILES string of the molecule is O=C(Cc1ccc2c(c1)CCC2)N1CC2CCC(O)C2C1. The van der Waals surface area contributed by atoms with Gasteiger partial charge in [-0.1, -0.05) is 18.2 Å². The molecule has 3 nitrogen and oxygen atoms in total. The molecule has 2 aliphatic carbocycles. The summed E-state index contributed by atoms with van der Waals surface area (Å²) >= 11 is 0. The predicted octanol–water partition coefficient (Wildman–Crippen LogP) is 1.95.